The molecule has 33 heavy (non-hydrogen) atoms. The number of anilines is 1. The summed E-state index contributed by atoms with van der Waals surface area (Å²) in [4.78, 5) is 28.6. The lowest BCUT2D eigenvalue weighted by atomic mass is 10.0. The van der Waals surface area contributed by atoms with Crippen molar-refractivity contribution in [3.05, 3.63) is 53.6 Å². The normalized spacial score (nSPS) is 19.4. The van der Waals surface area contributed by atoms with Crippen molar-refractivity contribution in [2.24, 2.45) is 0 Å². The van der Waals surface area contributed by atoms with E-state index in [1.807, 2.05) is 30.3 Å². The van der Waals surface area contributed by atoms with Crippen molar-refractivity contribution in [3.63, 3.8) is 0 Å². The Morgan fingerprint density at radius 2 is 1.48 bits per heavy atom. The van der Waals surface area contributed by atoms with E-state index in [1.54, 1.807) is 21.9 Å². The Morgan fingerprint density at radius 3 is 2.09 bits per heavy atom. The molecule has 1 N–H and O–H groups in total. The summed E-state index contributed by atoms with van der Waals surface area (Å²) in [5, 5.41) is 10.0. The van der Waals surface area contributed by atoms with Gasteiger partial charge in [0.1, 0.15) is 5.60 Å². The van der Waals surface area contributed by atoms with Crippen molar-refractivity contribution in [2.45, 2.75) is 24.9 Å². The monoisotopic (exact) mass is 469 g/mol. The van der Waals surface area contributed by atoms with Crippen LogP contribution in [0.25, 0.3) is 11.1 Å². The average molecular weight is 470 g/mol. The number of carbonyl (C=O) groups excluding carboxylic acids is 2. The number of carbonyl (C=O) groups is 2. The summed E-state index contributed by atoms with van der Waals surface area (Å²) in [5.74, 6) is -0.288. The first-order chi connectivity index (χ1) is 15.7. The van der Waals surface area contributed by atoms with E-state index < -0.39 is 15.6 Å². The molecule has 9 heteroatoms. The zero-order valence-electron chi connectivity index (χ0n) is 18.5. The van der Waals surface area contributed by atoms with E-state index >= 15 is 0 Å². The molecule has 0 atom stereocenters. The summed E-state index contributed by atoms with van der Waals surface area (Å²) in [6.45, 7) is 2.23. The van der Waals surface area contributed by atoms with Gasteiger partial charge in [-0.1, -0.05) is 18.2 Å². The number of amides is 2. The molecule has 2 aliphatic heterocycles. The van der Waals surface area contributed by atoms with Gasteiger partial charge in [0.2, 0.25) is 10.0 Å². The minimum absolute atomic E-state index is 0.0727. The van der Waals surface area contributed by atoms with Crippen LogP contribution in [0.2, 0.25) is 0 Å². The number of sulfonamides is 1. The van der Waals surface area contributed by atoms with Crippen LogP contribution in [0.3, 0.4) is 0 Å². The average Bonchev–Trinajstić information content (AvgIpc) is 3.41. The van der Waals surface area contributed by atoms with Gasteiger partial charge < -0.3 is 14.9 Å². The van der Waals surface area contributed by atoms with E-state index in [2.05, 4.69) is 0 Å². The lowest BCUT2D eigenvalue weighted by Crippen LogP contribution is -2.53. The molecule has 2 amide bonds. The second-order valence-corrected chi connectivity index (χ2v) is 11.0. The SMILES string of the molecule is CS(=O)(=O)N1CCc2cc(-c3ccc(C(=O)N4CCN(C(=O)C5(O)CC5)CC4)cc3)ccc21. The van der Waals surface area contributed by atoms with Crippen molar-refractivity contribution in [1.82, 2.24) is 9.80 Å². The third-order valence-corrected chi connectivity index (χ3v) is 7.95. The van der Waals surface area contributed by atoms with Crippen LogP contribution < -0.4 is 4.31 Å². The first-order valence-electron chi connectivity index (χ1n) is 11.2. The van der Waals surface area contributed by atoms with Gasteiger partial charge in [0.15, 0.2) is 0 Å². The molecule has 2 aromatic carbocycles. The van der Waals surface area contributed by atoms with Gasteiger partial charge in [0, 0.05) is 38.3 Å². The Kier molecular flexibility index (Phi) is 5.21. The Morgan fingerprint density at radius 1 is 0.879 bits per heavy atom. The third-order valence-electron chi connectivity index (χ3n) is 6.77. The topological polar surface area (TPSA) is 98.2 Å². The summed E-state index contributed by atoms with van der Waals surface area (Å²) >= 11 is 0. The van der Waals surface area contributed by atoms with E-state index in [4.69, 9.17) is 0 Å². The fourth-order valence-electron chi connectivity index (χ4n) is 4.62. The summed E-state index contributed by atoms with van der Waals surface area (Å²) in [6, 6.07) is 13.2. The van der Waals surface area contributed by atoms with E-state index in [0.717, 1.165) is 22.4 Å². The number of fused-ring (bicyclic) bond motifs is 1. The molecule has 1 saturated carbocycles. The van der Waals surface area contributed by atoms with Crippen LogP contribution in [0.15, 0.2) is 42.5 Å². The zero-order valence-corrected chi connectivity index (χ0v) is 19.3. The first kappa shape index (κ1) is 21.9. The van der Waals surface area contributed by atoms with Gasteiger partial charge in [0.25, 0.3) is 11.8 Å². The van der Waals surface area contributed by atoms with Gasteiger partial charge in [0.05, 0.1) is 11.9 Å². The highest BCUT2D eigenvalue weighted by molar-refractivity contribution is 7.92. The quantitative estimate of drug-likeness (QED) is 0.732. The molecule has 0 unspecified atom stereocenters. The Balaban J connectivity index is 1.25. The molecule has 3 aliphatic rings. The maximum atomic E-state index is 12.9. The van der Waals surface area contributed by atoms with Gasteiger partial charge in [-0.25, -0.2) is 8.42 Å². The van der Waals surface area contributed by atoms with Crippen molar-refractivity contribution in [3.8, 4) is 11.1 Å². The third kappa shape index (κ3) is 4.11. The van der Waals surface area contributed by atoms with Crippen LogP contribution in [-0.2, 0) is 21.2 Å². The Hall–Kier alpha value is -2.91. The van der Waals surface area contributed by atoms with Crippen LogP contribution in [0.4, 0.5) is 5.69 Å². The van der Waals surface area contributed by atoms with Crippen LogP contribution >= 0.6 is 0 Å². The van der Waals surface area contributed by atoms with Crippen molar-refractivity contribution in [1.29, 1.82) is 0 Å². The Bertz CT molecular complexity index is 1210. The smallest absolute Gasteiger partial charge is 0.254 e. The van der Waals surface area contributed by atoms with E-state index in [0.29, 0.717) is 57.5 Å². The fraction of sp³-hybridized carbons (Fsp3) is 0.417. The van der Waals surface area contributed by atoms with Gasteiger partial charge in [-0.2, -0.15) is 0 Å². The lowest BCUT2D eigenvalue weighted by Gasteiger charge is -2.35. The summed E-state index contributed by atoms with van der Waals surface area (Å²) < 4.78 is 25.3. The lowest BCUT2D eigenvalue weighted by molar-refractivity contribution is -0.143. The number of rotatable bonds is 4. The van der Waals surface area contributed by atoms with Crippen LogP contribution in [0.1, 0.15) is 28.8 Å². The molecule has 8 nitrogen and oxygen atoms in total. The molecule has 2 fully saturated rings. The number of nitrogens with zero attached hydrogens (tertiary/aromatic N) is 3. The molecule has 1 saturated heterocycles. The Labute approximate surface area is 193 Å². The highest BCUT2D eigenvalue weighted by Gasteiger charge is 2.50. The predicted molar refractivity (Wildman–Crippen MR) is 124 cm³/mol. The zero-order chi connectivity index (χ0) is 23.4. The van der Waals surface area contributed by atoms with Crippen molar-refractivity contribution in [2.75, 3.05) is 43.3 Å². The molecule has 2 aromatic rings. The van der Waals surface area contributed by atoms with Crippen molar-refractivity contribution < 1.29 is 23.1 Å². The molecule has 2 heterocycles. The van der Waals surface area contributed by atoms with Gasteiger partial charge in [-0.05, 0) is 60.2 Å². The molecule has 174 valence electrons. The molecule has 0 spiro atoms. The molecular weight excluding hydrogens is 442 g/mol. The molecule has 0 bridgehead atoms. The van der Waals surface area contributed by atoms with Crippen molar-refractivity contribution >= 4 is 27.5 Å². The molecule has 1 aliphatic carbocycles. The number of piperazine rings is 1. The molecule has 5 rings (SSSR count). The van der Waals surface area contributed by atoms with E-state index in [1.165, 1.54) is 10.6 Å². The van der Waals surface area contributed by atoms with Gasteiger partial charge in [-0.3, -0.25) is 13.9 Å². The summed E-state index contributed by atoms with van der Waals surface area (Å²) in [7, 11) is -3.27. The predicted octanol–water partition coefficient (Wildman–Crippen LogP) is 1.48. The highest BCUT2D eigenvalue weighted by Crippen LogP contribution is 2.37. The number of hydrogen-bond acceptors (Lipinski definition) is 5. The maximum Gasteiger partial charge on any atom is 0.254 e. The minimum atomic E-state index is -3.27. The van der Waals surface area contributed by atoms with Gasteiger partial charge >= 0.3 is 0 Å². The van der Waals surface area contributed by atoms with Crippen LogP contribution in [-0.4, -0.2) is 79.7 Å². The molecule has 0 aromatic heterocycles. The maximum absolute atomic E-state index is 12.9. The fourth-order valence-corrected chi connectivity index (χ4v) is 5.58. The minimum Gasteiger partial charge on any atom is -0.380 e. The van der Waals surface area contributed by atoms with E-state index in [9.17, 15) is 23.1 Å². The number of benzene rings is 2. The second-order valence-electron chi connectivity index (χ2n) is 9.12. The highest BCUT2D eigenvalue weighted by atomic mass is 32.2. The van der Waals surface area contributed by atoms with Crippen LogP contribution in [0.5, 0.6) is 0 Å². The molecular formula is C24H27N3O5S. The van der Waals surface area contributed by atoms with Crippen LogP contribution in [0, 0.1) is 0 Å². The number of aliphatic hydroxyl groups is 1. The second kappa shape index (κ2) is 7.85. The molecule has 0 radical (unpaired) electrons. The first-order valence-corrected chi connectivity index (χ1v) is 13.0. The number of hydrogen-bond donors (Lipinski definition) is 1. The van der Waals surface area contributed by atoms with E-state index in [-0.39, 0.29) is 11.8 Å². The summed E-state index contributed by atoms with van der Waals surface area (Å²) in [6.07, 6.45) is 2.95. The summed E-state index contributed by atoms with van der Waals surface area (Å²) in [5.41, 5.74) is 3.10. The largest absolute Gasteiger partial charge is 0.380 e. The van der Waals surface area contributed by atoms with Gasteiger partial charge in [-0.15, -0.1) is 0 Å². The standard InChI is InChI=1S/C24H27N3O5S/c1-33(31,32)27-11-8-20-16-19(6-7-21(20)27)17-2-4-18(5-3-17)22(28)25-12-14-26(15-13-25)23(29)24(30)9-10-24/h2-7,16,30H,8-15H2,1H3.